The molecule has 148 valence electrons. The zero-order chi connectivity index (χ0) is 20.1. The molecule has 1 aliphatic heterocycles. The molecule has 0 aliphatic carbocycles. The van der Waals surface area contributed by atoms with Crippen molar-refractivity contribution in [1.82, 2.24) is 9.80 Å². The number of methoxy groups -OCH3 is 1. The molecule has 0 unspecified atom stereocenters. The van der Waals surface area contributed by atoms with Gasteiger partial charge in [-0.2, -0.15) is 0 Å². The second-order valence-electron chi connectivity index (χ2n) is 6.94. The van der Waals surface area contributed by atoms with Crippen LogP contribution in [0.25, 0.3) is 5.70 Å². The van der Waals surface area contributed by atoms with E-state index < -0.39 is 6.10 Å². The van der Waals surface area contributed by atoms with Crippen molar-refractivity contribution in [2.45, 2.75) is 11.4 Å². The first-order valence-corrected chi connectivity index (χ1v) is 10.1. The van der Waals surface area contributed by atoms with E-state index in [0.29, 0.717) is 13.1 Å². The highest BCUT2D eigenvalue weighted by Gasteiger charge is 2.35. The lowest BCUT2D eigenvalue weighted by atomic mass is 10.0. The molecule has 28 heavy (non-hydrogen) atoms. The molecule has 0 bridgehead atoms. The zero-order valence-electron chi connectivity index (χ0n) is 16.4. The van der Waals surface area contributed by atoms with E-state index in [1.165, 1.54) is 11.8 Å². The molecule has 2 aromatic rings. The Kier molecular flexibility index (Phi) is 6.78. The third-order valence-corrected chi connectivity index (χ3v) is 5.89. The second kappa shape index (κ2) is 9.28. The number of ether oxygens (including phenoxy) is 1. The molecule has 5 nitrogen and oxygen atoms in total. The quantitative estimate of drug-likeness (QED) is 0.810. The number of hydrogen-bond acceptors (Lipinski definition) is 5. The van der Waals surface area contributed by atoms with Gasteiger partial charge < -0.3 is 19.6 Å². The van der Waals surface area contributed by atoms with Gasteiger partial charge in [-0.05, 0) is 42.8 Å². The summed E-state index contributed by atoms with van der Waals surface area (Å²) in [6.45, 7) is 1.22. The molecule has 0 saturated heterocycles. The Morgan fingerprint density at radius 2 is 1.79 bits per heavy atom. The van der Waals surface area contributed by atoms with Crippen LogP contribution in [-0.2, 0) is 4.79 Å². The summed E-state index contributed by atoms with van der Waals surface area (Å²) in [6.07, 6.45) is -1.13. The summed E-state index contributed by atoms with van der Waals surface area (Å²) in [5.74, 6) is 0.471. The van der Waals surface area contributed by atoms with Crippen LogP contribution in [-0.4, -0.2) is 61.2 Å². The smallest absolute Gasteiger partial charge is 0.257 e. The van der Waals surface area contributed by atoms with Crippen LogP contribution in [0, 0.1) is 0 Å². The van der Waals surface area contributed by atoms with Crippen molar-refractivity contribution >= 4 is 23.4 Å². The van der Waals surface area contributed by atoms with Crippen LogP contribution >= 0.6 is 11.8 Å². The Hall–Kier alpha value is -2.28. The second-order valence-corrected chi connectivity index (χ2v) is 7.95. The number of carbonyl (C=O) groups is 1. The highest BCUT2D eigenvalue weighted by atomic mass is 32.2. The molecule has 2 aromatic carbocycles. The first-order chi connectivity index (χ1) is 13.5. The summed E-state index contributed by atoms with van der Waals surface area (Å²) in [5.41, 5.74) is 2.68. The lowest BCUT2D eigenvalue weighted by molar-refractivity contribution is -0.136. The van der Waals surface area contributed by atoms with E-state index in [1.54, 1.807) is 12.0 Å². The molecule has 1 N–H and O–H groups in total. The van der Waals surface area contributed by atoms with Gasteiger partial charge in [0.2, 0.25) is 0 Å². The minimum Gasteiger partial charge on any atom is -0.497 e. The summed E-state index contributed by atoms with van der Waals surface area (Å²) < 4.78 is 5.21. The third-order valence-electron chi connectivity index (χ3n) is 4.71. The van der Waals surface area contributed by atoms with Gasteiger partial charge in [0, 0.05) is 13.1 Å². The largest absolute Gasteiger partial charge is 0.497 e. The minimum atomic E-state index is -1.13. The first-order valence-electron chi connectivity index (χ1n) is 9.20. The number of nitrogens with zero attached hydrogens (tertiary/aromatic N) is 2. The van der Waals surface area contributed by atoms with Crippen LogP contribution in [0.1, 0.15) is 16.4 Å². The van der Waals surface area contributed by atoms with E-state index in [4.69, 9.17) is 4.74 Å². The van der Waals surface area contributed by atoms with Crippen molar-refractivity contribution in [3.63, 3.8) is 0 Å². The average Bonchev–Trinajstić information content (AvgIpc) is 2.84. The van der Waals surface area contributed by atoms with Crippen LogP contribution in [0.3, 0.4) is 0 Å². The highest BCUT2D eigenvalue weighted by molar-refractivity contribution is 8.02. The van der Waals surface area contributed by atoms with E-state index in [0.717, 1.165) is 22.6 Å². The fraction of sp³-hybridized carbons (Fsp3) is 0.318. The summed E-state index contributed by atoms with van der Waals surface area (Å²) >= 11 is 1.47. The van der Waals surface area contributed by atoms with E-state index >= 15 is 0 Å². The molecule has 0 radical (unpaired) electrons. The lowest BCUT2D eigenvalue weighted by Crippen LogP contribution is -2.42. The van der Waals surface area contributed by atoms with Gasteiger partial charge in [-0.25, -0.2) is 0 Å². The molecular formula is C22H26N2O3S. The number of aliphatic hydroxyl groups excluding tert-OH is 1. The fourth-order valence-electron chi connectivity index (χ4n) is 3.10. The van der Waals surface area contributed by atoms with Gasteiger partial charge in [-0.1, -0.05) is 42.5 Å². The number of likely N-dealkylation sites (N-methyl/N-ethyl adjacent to an activating group) is 1. The van der Waals surface area contributed by atoms with Crippen molar-refractivity contribution in [3.8, 4) is 5.75 Å². The van der Waals surface area contributed by atoms with Crippen molar-refractivity contribution in [2.24, 2.45) is 0 Å². The molecule has 3 rings (SSSR count). The predicted octanol–water partition coefficient (Wildman–Crippen LogP) is 3.23. The maximum Gasteiger partial charge on any atom is 0.257 e. The van der Waals surface area contributed by atoms with Gasteiger partial charge >= 0.3 is 0 Å². The molecule has 6 heteroatoms. The molecule has 0 saturated carbocycles. The number of carbonyl (C=O) groups excluding carboxylic acids is 1. The Morgan fingerprint density at radius 3 is 2.39 bits per heavy atom. The standard InChI is InChI=1S/C22H26N2O3S/c1-23(2)13-14-24-19(16-7-5-4-6-8-16)15-28-21(20(25)22(24)26)17-9-11-18(27-3)12-10-17/h4-12,15,20-21,25H,13-14H2,1-3H3/t20-,21-/m0/s1. The van der Waals surface area contributed by atoms with E-state index in [1.807, 2.05) is 79.0 Å². The van der Waals surface area contributed by atoms with Crippen molar-refractivity contribution < 1.29 is 14.6 Å². The fourth-order valence-corrected chi connectivity index (χ4v) is 4.22. The van der Waals surface area contributed by atoms with Crippen molar-refractivity contribution in [2.75, 3.05) is 34.3 Å². The third kappa shape index (κ3) is 4.58. The van der Waals surface area contributed by atoms with Gasteiger partial charge in [0.1, 0.15) is 11.9 Å². The summed E-state index contributed by atoms with van der Waals surface area (Å²) in [5, 5.41) is 12.5. The molecule has 0 aromatic heterocycles. The number of rotatable bonds is 6. The Balaban J connectivity index is 1.96. The highest BCUT2D eigenvalue weighted by Crippen LogP contribution is 2.40. The van der Waals surface area contributed by atoms with E-state index in [9.17, 15) is 9.90 Å². The normalized spacial score (nSPS) is 20.1. The predicted molar refractivity (Wildman–Crippen MR) is 114 cm³/mol. The average molecular weight is 399 g/mol. The Bertz CT molecular complexity index is 821. The first kappa shape index (κ1) is 20.5. The maximum absolute atomic E-state index is 13.2. The van der Waals surface area contributed by atoms with Crippen molar-refractivity contribution in [3.05, 3.63) is 71.1 Å². The van der Waals surface area contributed by atoms with Gasteiger partial charge in [-0.3, -0.25) is 4.79 Å². The van der Waals surface area contributed by atoms with Gasteiger partial charge in [0.05, 0.1) is 18.1 Å². The maximum atomic E-state index is 13.2. The summed E-state index contributed by atoms with van der Waals surface area (Å²) in [6, 6.07) is 17.3. The lowest BCUT2D eigenvalue weighted by Gasteiger charge is -2.28. The van der Waals surface area contributed by atoms with Crippen LogP contribution in [0.15, 0.2) is 60.0 Å². The molecule has 1 aliphatic rings. The number of thioether (sulfide) groups is 1. The van der Waals surface area contributed by atoms with Gasteiger partial charge in [0.25, 0.3) is 5.91 Å². The minimum absolute atomic E-state index is 0.275. The number of amides is 1. The summed E-state index contributed by atoms with van der Waals surface area (Å²) in [7, 11) is 5.56. The molecule has 0 fully saturated rings. The van der Waals surface area contributed by atoms with E-state index in [-0.39, 0.29) is 11.2 Å². The molecular weight excluding hydrogens is 372 g/mol. The molecule has 1 amide bonds. The van der Waals surface area contributed by atoms with Gasteiger partial charge in [0.15, 0.2) is 0 Å². The Labute approximate surface area is 170 Å². The van der Waals surface area contributed by atoms with Gasteiger partial charge in [-0.15, -0.1) is 11.8 Å². The molecule has 2 atom stereocenters. The monoisotopic (exact) mass is 398 g/mol. The van der Waals surface area contributed by atoms with Crippen LogP contribution < -0.4 is 4.74 Å². The molecule has 0 spiro atoms. The topological polar surface area (TPSA) is 53.0 Å². The number of hydrogen-bond donors (Lipinski definition) is 1. The summed E-state index contributed by atoms with van der Waals surface area (Å²) in [4.78, 5) is 17.0. The number of benzene rings is 2. The zero-order valence-corrected chi connectivity index (χ0v) is 17.2. The van der Waals surface area contributed by atoms with Crippen LogP contribution in [0.2, 0.25) is 0 Å². The SMILES string of the molecule is COc1ccc([C@@H]2SC=C(c3ccccc3)N(CCN(C)C)C(=O)[C@H]2O)cc1. The van der Waals surface area contributed by atoms with Crippen molar-refractivity contribution in [1.29, 1.82) is 0 Å². The van der Waals surface area contributed by atoms with Crippen LogP contribution in [0.4, 0.5) is 0 Å². The number of aliphatic hydroxyl groups is 1. The Morgan fingerprint density at radius 1 is 1.11 bits per heavy atom. The van der Waals surface area contributed by atoms with Crippen LogP contribution in [0.5, 0.6) is 5.75 Å². The van der Waals surface area contributed by atoms with E-state index in [2.05, 4.69) is 0 Å². The molecule has 1 heterocycles.